The van der Waals surface area contributed by atoms with Crippen LogP contribution in [-0.4, -0.2) is 36.5 Å². The molecule has 0 amide bonds. The lowest BCUT2D eigenvalue weighted by Gasteiger charge is -2.30. The van der Waals surface area contributed by atoms with Crippen molar-refractivity contribution in [1.29, 1.82) is 0 Å². The van der Waals surface area contributed by atoms with E-state index in [9.17, 15) is 5.11 Å². The van der Waals surface area contributed by atoms with Gasteiger partial charge < -0.3 is 15.2 Å². The lowest BCUT2D eigenvalue weighted by molar-refractivity contribution is -0.0824. The lowest BCUT2D eigenvalue weighted by Crippen LogP contribution is -2.43. The van der Waals surface area contributed by atoms with E-state index < -0.39 is 5.60 Å². The molecule has 0 saturated heterocycles. The predicted octanol–water partition coefficient (Wildman–Crippen LogP) is 0.916. The standard InChI is InChI=1S/C10H21NO2/c1-3-11-7-10(2,12)8-13-9-5-4-6-9/h9,11-12H,3-8H2,1-2H3. The van der Waals surface area contributed by atoms with Crippen molar-refractivity contribution in [3.05, 3.63) is 0 Å². The Balaban J connectivity index is 2.08. The molecule has 3 heteroatoms. The van der Waals surface area contributed by atoms with Crippen molar-refractivity contribution in [3.8, 4) is 0 Å². The molecule has 78 valence electrons. The maximum atomic E-state index is 9.83. The van der Waals surface area contributed by atoms with Crippen LogP contribution in [0.4, 0.5) is 0 Å². The lowest BCUT2D eigenvalue weighted by atomic mass is 9.96. The van der Waals surface area contributed by atoms with Gasteiger partial charge in [-0.1, -0.05) is 6.92 Å². The summed E-state index contributed by atoms with van der Waals surface area (Å²) in [5, 5.41) is 12.9. The molecule has 0 aliphatic heterocycles. The quantitative estimate of drug-likeness (QED) is 0.649. The van der Waals surface area contributed by atoms with Crippen LogP contribution >= 0.6 is 0 Å². The summed E-state index contributed by atoms with van der Waals surface area (Å²) in [5.74, 6) is 0. The van der Waals surface area contributed by atoms with Gasteiger partial charge in [0.25, 0.3) is 0 Å². The third-order valence-corrected chi connectivity index (χ3v) is 2.44. The van der Waals surface area contributed by atoms with Crippen LogP contribution in [0.25, 0.3) is 0 Å². The first-order chi connectivity index (χ1) is 6.14. The highest BCUT2D eigenvalue weighted by molar-refractivity contribution is 4.77. The zero-order valence-corrected chi connectivity index (χ0v) is 8.68. The van der Waals surface area contributed by atoms with Gasteiger partial charge in [-0.3, -0.25) is 0 Å². The van der Waals surface area contributed by atoms with E-state index in [2.05, 4.69) is 5.32 Å². The van der Waals surface area contributed by atoms with Crippen LogP contribution in [0.15, 0.2) is 0 Å². The maximum absolute atomic E-state index is 9.83. The molecule has 1 aliphatic rings. The van der Waals surface area contributed by atoms with Gasteiger partial charge in [0.2, 0.25) is 0 Å². The Hall–Kier alpha value is -0.120. The average molecular weight is 187 g/mol. The van der Waals surface area contributed by atoms with Crippen molar-refractivity contribution >= 4 is 0 Å². The van der Waals surface area contributed by atoms with E-state index in [0.717, 1.165) is 19.4 Å². The Morgan fingerprint density at radius 2 is 2.23 bits per heavy atom. The SMILES string of the molecule is CCNCC(C)(O)COC1CCC1. The van der Waals surface area contributed by atoms with Crippen LogP contribution in [0.2, 0.25) is 0 Å². The molecule has 1 fully saturated rings. The van der Waals surface area contributed by atoms with Crippen LogP contribution in [0.3, 0.4) is 0 Å². The number of hydrogen-bond donors (Lipinski definition) is 2. The topological polar surface area (TPSA) is 41.5 Å². The molecule has 0 aromatic heterocycles. The van der Waals surface area contributed by atoms with Gasteiger partial charge in [-0.25, -0.2) is 0 Å². The molecule has 1 unspecified atom stereocenters. The monoisotopic (exact) mass is 187 g/mol. The van der Waals surface area contributed by atoms with Gasteiger partial charge in [0, 0.05) is 6.54 Å². The second-order valence-corrected chi connectivity index (χ2v) is 4.14. The first kappa shape index (κ1) is 11.0. The Morgan fingerprint density at radius 3 is 2.69 bits per heavy atom. The summed E-state index contributed by atoms with van der Waals surface area (Å²) in [6, 6.07) is 0. The Labute approximate surface area is 80.5 Å². The molecule has 3 nitrogen and oxygen atoms in total. The fraction of sp³-hybridized carbons (Fsp3) is 1.00. The molecule has 1 saturated carbocycles. The number of hydrogen-bond acceptors (Lipinski definition) is 3. The first-order valence-electron chi connectivity index (χ1n) is 5.19. The van der Waals surface area contributed by atoms with Crippen LogP contribution in [0, 0.1) is 0 Å². The average Bonchev–Trinajstić information content (AvgIpc) is 1.98. The Morgan fingerprint density at radius 1 is 1.54 bits per heavy atom. The molecule has 1 aliphatic carbocycles. The van der Waals surface area contributed by atoms with Gasteiger partial charge in [0.1, 0.15) is 0 Å². The zero-order chi connectivity index (χ0) is 9.73. The first-order valence-corrected chi connectivity index (χ1v) is 5.19. The highest BCUT2D eigenvalue weighted by atomic mass is 16.5. The van der Waals surface area contributed by atoms with Crippen molar-refractivity contribution in [2.75, 3.05) is 19.7 Å². The largest absolute Gasteiger partial charge is 0.386 e. The van der Waals surface area contributed by atoms with Crippen molar-refractivity contribution in [3.63, 3.8) is 0 Å². The van der Waals surface area contributed by atoms with Gasteiger partial charge in [-0.2, -0.15) is 0 Å². The molecule has 2 N–H and O–H groups in total. The summed E-state index contributed by atoms with van der Waals surface area (Å²) >= 11 is 0. The van der Waals surface area contributed by atoms with Gasteiger partial charge in [-0.05, 0) is 32.7 Å². The summed E-state index contributed by atoms with van der Waals surface area (Å²) < 4.78 is 5.55. The van der Waals surface area contributed by atoms with Gasteiger partial charge >= 0.3 is 0 Å². The van der Waals surface area contributed by atoms with Crippen molar-refractivity contribution < 1.29 is 9.84 Å². The molecule has 0 aromatic carbocycles. The highest BCUT2D eigenvalue weighted by Crippen LogP contribution is 2.22. The molecule has 1 atom stereocenters. The molecule has 0 spiro atoms. The van der Waals surface area contributed by atoms with E-state index in [1.54, 1.807) is 0 Å². The molecule has 0 heterocycles. The maximum Gasteiger partial charge on any atom is 0.0975 e. The van der Waals surface area contributed by atoms with Crippen LogP contribution in [0.5, 0.6) is 0 Å². The summed E-state index contributed by atoms with van der Waals surface area (Å²) in [6.07, 6.45) is 4.02. The Kier molecular flexibility index (Phi) is 4.16. The normalized spacial score (nSPS) is 22.4. The molecule has 0 aromatic rings. The summed E-state index contributed by atoms with van der Waals surface area (Å²) in [7, 11) is 0. The van der Waals surface area contributed by atoms with Crippen molar-refractivity contribution in [2.24, 2.45) is 0 Å². The van der Waals surface area contributed by atoms with E-state index in [0.29, 0.717) is 19.3 Å². The van der Waals surface area contributed by atoms with Gasteiger partial charge in [0.05, 0.1) is 18.3 Å². The molecule has 0 bridgehead atoms. The fourth-order valence-corrected chi connectivity index (χ4v) is 1.28. The summed E-state index contributed by atoms with van der Waals surface area (Å²) in [4.78, 5) is 0. The van der Waals surface area contributed by atoms with Gasteiger partial charge in [-0.15, -0.1) is 0 Å². The number of aliphatic hydroxyl groups is 1. The number of likely N-dealkylation sites (N-methyl/N-ethyl adjacent to an activating group) is 1. The minimum atomic E-state index is -0.717. The van der Waals surface area contributed by atoms with E-state index in [-0.39, 0.29) is 0 Å². The number of rotatable bonds is 6. The van der Waals surface area contributed by atoms with E-state index in [4.69, 9.17) is 4.74 Å². The summed E-state index contributed by atoms with van der Waals surface area (Å²) in [6.45, 7) is 5.79. The summed E-state index contributed by atoms with van der Waals surface area (Å²) in [5.41, 5.74) is -0.717. The zero-order valence-electron chi connectivity index (χ0n) is 8.68. The third kappa shape index (κ3) is 4.07. The molecule has 0 radical (unpaired) electrons. The third-order valence-electron chi connectivity index (χ3n) is 2.44. The predicted molar refractivity (Wildman–Crippen MR) is 52.8 cm³/mol. The molecular weight excluding hydrogens is 166 g/mol. The van der Waals surface area contributed by atoms with Gasteiger partial charge in [0.15, 0.2) is 0 Å². The van der Waals surface area contributed by atoms with Crippen LogP contribution in [-0.2, 0) is 4.74 Å². The molecule has 13 heavy (non-hydrogen) atoms. The number of nitrogens with one attached hydrogen (secondary N) is 1. The molecular formula is C10H21NO2. The molecule has 1 rings (SSSR count). The number of ether oxygens (including phenoxy) is 1. The second kappa shape index (κ2) is 4.94. The Bertz CT molecular complexity index is 144. The minimum absolute atomic E-state index is 0.410. The highest BCUT2D eigenvalue weighted by Gasteiger charge is 2.24. The second-order valence-electron chi connectivity index (χ2n) is 4.14. The van der Waals surface area contributed by atoms with E-state index in [1.165, 1.54) is 6.42 Å². The van der Waals surface area contributed by atoms with Crippen molar-refractivity contribution in [2.45, 2.75) is 44.8 Å². The minimum Gasteiger partial charge on any atom is -0.386 e. The van der Waals surface area contributed by atoms with Crippen LogP contribution < -0.4 is 5.32 Å². The van der Waals surface area contributed by atoms with Crippen molar-refractivity contribution in [1.82, 2.24) is 5.32 Å². The van der Waals surface area contributed by atoms with E-state index in [1.807, 2.05) is 13.8 Å². The smallest absolute Gasteiger partial charge is 0.0975 e. The fourth-order valence-electron chi connectivity index (χ4n) is 1.28. The van der Waals surface area contributed by atoms with E-state index >= 15 is 0 Å². The van der Waals surface area contributed by atoms with Crippen LogP contribution in [0.1, 0.15) is 33.1 Å².